The second kappa shape index (κ2) is 7.67. The van der Waals surface area contributed by atoms with Crippen LogP contribution in [0.25, 0.3) is 21.5 Å². The van der Waals surface area contributed by atoms with Gasteiger partial charge in [-0.05, 0) is 35.2 Å². The van der Waals surface area contributed by atoms with Gasteiger partial charge in [-0.2, -0.15) is 0 Å². The van der Waals surface area contributed by atoms with E-state index in [1.165, 1.54) is 0 Å². The lowest BCUT2D eigenvalue weighted by molar-refractivity contribution is -0.130. The number of anilines is 1. The van der Waals surface area contributed by atoms with Crippen LogP contribution in [0.3, 0.4) is 0 Å². The third-order valence-electron chi connectivity index (χ3n) is 5.40. The van der Waals surface area contributed by atoms with Crippen LogP contribution in [-0.4, -0.2) is 52.2 Å². The van der Waals surface area contributed by atoms with Gasteiger partial charge in [0.05, 0.1) is 11.3 Å². The Morgan fingerprint density at radius 3 is 2.62 bits per heavy atom. The number of thiophene rings is 1. The first-order chi connectivity index (χ1) is 14.3. The van der Waals surface area contributed by atoms with Crippen molar-refractivity contribution in [3.63, 3.8) is 0 Å². The maximum atomic E-state index is 12.8. The van der Waals surface area contributed by atoms with Gasteiger partial charge in [-0.25, -0.2) is 0 Å². The second-order valence-electron chi connectivity index (χ2n) is 7.16. The van der Waals surface area contributed by atoms with Gasteiger partial charge < -0.3 is 14.8 Å². The number of benzene rings is 1. The van der Waals surface area contributed by atoms with Gasteiger partial charge in [-0.15, -0.1) is 21.5 Å². The van der Waals surface area contributed by atoms with E-state index in [0.29, 0.717) is 19.5 Å². The van der Waals surface area contributed by atoms with Crippen molar-refractivity contribution >= 4 is 34.0 Å². The van der Waals surface area contributed by atoms with Gasteiger partial charge in [0.1, 0.15) is 5.69 Å². The minimum absolute atomic E-state index is 0.175. The number of fused-ring (bicyclic) bond motifs is 1. The minimum atomic E-state index is 0.175. The zero-order chi connectivity index (χ0) is 19.6. The standard InChI is InChI=1S/C22H21N5OS/c28-22(14-16-15-23-18-5-2-1-4-17(16)18)27-11-9-26(10-12-27)21-8-7-19(24-25-21)20-6-3-13-29-20/h1-8,13,15,23H,9-12,14H2. The molecule has 0 saturated carbocycles. The number of amides is 1. The van der Waals surface area contributed by atoms with Crippen molar-refractivity contribution in [2.24, 2.45) is 0 Å². The molecule has 5 rings (SSSR count). The maximum absolute atomic E-state index is 12.8. The first-order valence-corrected chi connectivity index (χ1v) is 10.6. The zero-order valence-corrected chi connectivity index (χ0v) is 16.7. The highest BCUT2D eigenvalue weighted by Gasteiger charge is 2.23. The lowest BCUT2D eigenvalue weighted by Gasteiger charge is -2.35. The maximum Gasteiger partial charge on any atom is 0.227 e. The Balaban J connectivity index is 1.20. The molecule has 1 amide bonds. The van der Waals surface area contributed by atoms with Crippen molar-refractivity contribution in [3.8, 4) is 10.6 Å². The molecule has 7 heteroatoms. The third kappa shape index (κ3) is 3.61. The lowest BCUT2D eigenvalue weighted by atomic mass is 10.1. The van der Waals surface area contributed by atoms with Crippen LogP contribution in [0.4, 0.5) is 5.82 Å². The van der Waals surface area contributed by atoms with Gasteiger partial charge in [-0.3, -0.25) is 4.79 Å². The molecule has 1 saturated heterocycles. The number of para-hydroxylation sites is 1. The number of nitrogens with zero attached hydrogens (tertiary/aromatic N) is 4. The Morgan fingerprint density at radius 1 is 1.00 bits per heavy atom. The van der Waals surface area contributed by atoms with Crippen LogP contribution in [-0.2, 0) is 11.2 Å². The van der Waals surface area contributed by atoms with E-state index < -0.39 is 0 Å². The van der Waals surface area contributed by atoms with E-state index in [-0.39, 0.29) is 5.91 Å². The van der Waals surface area contributed by atoms with Crippen molar-refractivity contribution < 1.29 is 4.79 Å². The van der Waals surface area contributed by atoms with E-state index in [2.05, 4.69) is 26.1 Å². The number of rotatable bonds is 4. The number of nitrogens with one attached hydrogen (secondary N) is 1. The highest BCUT2D eigenvalue weighted by molar-refractivity contribution is 7.13. The molecule has 3 aromatic heterocycles. The summed E-state index contributed by atoms with van der Waals surface area (Å²) < 4.78 is 0. The molecule has 6 nitrogen and oxygen atoms in total. The fourth-order valence-corrected chi connectivity index (χ4v) is 4.48. The molecule has 0 bridgehead atoms. The zero-order valence-electron chi connectivity index (χ0n) is 15.9. The molecule has 0 spiro atoms. The van der Waals surface area contributed by atoms with Crippen LogP contribution in [0.15, 0.2) is 60.1 Å². The number of carbonyl (C=O) groups excluding carboxylic acids is 1. The molecule has 1 aromatic carbocycles. The fourth-order valence-electron chi connectivity index (χ4n) is 3.79. The quantitative estimate of drug-likeness (QED) is 0.566. The molecule has 0 radical (unpaired) electrons. The van der Waals surface area contributed by atoms with E-state index in [1.54, 1.807) is 11.3 Å². The van der Waals surface area contributed by atoms with Gasteiger partial charge in [0.25, 0.3) is 0 Å². The summed E-state index contributed by atoms with van der Waals surface area (Å²) >= 11 is 1.66. The lowest BCUT2D eigenvalue weighted by Crippen LogP contribution is -2.49. The summed E-state index contributed by atoms with van der Waals surface area (Å²) in [6.07, 6.45) is 2.38. The second-order valence-corrected chi connectivity index (χ2v) is 8.11. The van der Waals surface area contributed by atoms with Crippen LogP contribution < -0.4 is 4.90 Å². The molecule has 1 N–H and O–H groups in total. The Labute approximate surface area is 172 Å². The molecule has 0 unspecified atom stereocenters. The van der Waals surface area contributed by atoms with Gasteiger partial charge in [-0.1, -0.05) is 24.3 Å². The summed E-state index contributed by atoms with van der Waals surface area (Å²) in [5.74, 6) is 1.04. The van der Waals surface area contributed by atoms with Crippen LogP contribution >= 0.6 is 11.3 Å². The first kappa shape index (κ1) is 17.9. The SMILES string of the molecule is O=C(Cc1c[nH]c2ccccc12)N1CCN(c2ccc(-c3cccs3)nn2)CC1. The molecule has 4 aromatic rings. The fraction of sp³-hybridized carbons (Fsp3) is 0.227. The molecule has 1 aliphatic rings. The molecule has 4 heterocycles. The van der Waals surface area contributed by atoms with Crippen molar-refractivity contribution in [2.75, 3.05) is 31.1 Å². The van der Waals surface area contributed by atoms with Crippen molar-refractivity contribution in [1.82, 2.24) is 20.1 Å². The first-order valence-electron chi connectivity index (χ1n) is 9.73. The van der Waals surface area contributed by atoms with Crippen LogP contribution in [0.1, 0.15) is 5.56 Å². The third-order valence-corrected chi connectivity index (χ3v) is 6.29. The number of piperazine rings is 1. The molecule has 1 aliphatic heterocycles. The van der Waals surface area contributed by atoms with Crippen LogP contribution in [0.5, 0.6) is 0 Å². The summed E-state index contributed by atoms with van der Waals surface area (Å²) in [5, 5.41) is 11.9. The molecular weight excluding hydrogens is 382 g/mol. The Bertz CT molecular complexity index is 1110. The predicted octanol–water partition coefficient (Wildman–Crippen LogP) is 3.58. The topological polar surface area (TPSA) is 65.1 Å². The highest BCUT2D eigenvalue weighted by atomic mass is 32.1. The van der Waals surface area contributed by atoms with E-state index in [1.807, 2.05) is 58.9 Å². The number of hydrogen-bond donors (Lipinski definition) is 1. The van der Waals surface area contributed by atoms with Crippen LogP contribution in [0.2, 0.25) is 0 Å². The van der Waals surface area contributed by atoms with E-state index in [0.717, 1.165) is 45.9 Å². The number of aromatic amines is 1. The van der Waals surface area contributed by atoms with Gasteiger partial charge >= 0.3 is 0 Å². The smallest absolute Gasteiger partial charge is 0.227 e. The van der Waals surface area contributed by atoms with Gasteiger partial charge in [0, 0.05) is 43.3 Å². The number of aromatic nitrogens is 3. The number of H-pyrrole nitrogens is 1. The van der Waals surface area contributed by atoms with Crippen LogP contribution in [0, 0.1) is 0 Å². The molecular formula is C22H21N5OS. The average molecular weight is 404 g/mol. The predicted molar refractivity (Wildman–Crippen MR) is 116 cm³/mol. The summed E-state index contributed by atoms with van der Waals surface area (Å²) in [6.45, 7) is 2.95. The van der Waals surface area contributed by atoms with Crippen molar-refractivity contribution in [2.45, 2.75) is 6.42 Å². The van der Waals surface area contributed by atoms with E-state index in [4.69, 9.17) is 0 Å². The average Bonchev–Trinajstić information content (AvgIpc) is 3.45. The van der Waals surface area contributed by atoms with Gasteiger partial charge in [0.15, 0.2) is 5.82 Å². The summed E-state index contributed by atoms with van der Waals surface area (Å²) in [5.41, 5.74) is 3.03. The van der Waals surface area contributed by atoms with Crippen molar-refractivity contribution in [3.05, 3.63) is 65.7 Å². The summed E-state index contributed by atoms with van der Waals surface area (Å²) in [7, 11) is 0. The Kier molecular flexibility index (Phi) is 4.73. The summed E-state index contributed by atoms with van der Waals surface area (Å²) in [6, 6.07) is 16.2. The minimum Gasteiger partial charge on any atom is -0.361 e. The Morgan fingerprint density at radius 2 is 1.86 bits per heavy atom. The molecule has 0 aliphatic carbocycles. The number of hydrogen-bond acceptors (Lipinski definition) is 5. The van der Waals surface area contributed by atoms with E-state index in [9.17, 15) is 4.79 Å². The highest BCUT2D eigenvalue weighted by Crippen LogP contribution is 2.24. The van der Waals surface area contributed by atoms with Crippen molar-refractivity contribution in [1.29, 1.82) is 0 Å². The molecule has 29 heavy (non-hydrogen) atoms. The Hall–Kier alpha value is -3.19. The largest absolute Gasteiger partial charge is 0.361 e. The summed E-state index contributed by atoms with van der Waals surface area (Å²) in [4.78, 5) is 21.3. The number of carbonyl (C=O) groups is 1. The monoisotopic (exact) mass is 403 g/mol. The van der Waals surface area contributed by atoms with Gasteiger partial charge in [0.2, 0.25) is 5.91 Å². The molecule has 1 fully saturated rings. The molecule has 146 valence electrons. The molecule has 0 atom stereocenters. The normalized spacial score (nSPS) is 14.5. The van der Waals surface area contributed by atoms with E-state index >= 15 is 0 Å².